The summed E-state index contributed by atoms with van der Waals surface area (Å²) in [6.07, 6.45) is 0.966. The highest BCUT2D eigenvalue weighted by molar-refractivity contribution is 9.10. The molecule has 1 aromatic rings. The van der Waals surface area contributed by atoms with E-state index in [-0.39, 0.29) is 17.6 Å². The van der Waals surface area contributed by atoms with Gasteiger partial charge in [-0.25, -0.2) is 8.42 Å². The third-order valence-electron chi connectivity index (χ3n) is 3.66. The molecule has 0 saturated carbocycles. The number of sulfone groups is 1. The molecule has 2 aliphatic heterocycles. The summed E-state index contributed by atoms with van der Waals surface area (Å²) in [5.41, 5.74) is 1.30. The molecule has 0 aliphatic carbocycles. The zero-order valence-electron chi connectivity index (χ0n) is 10.4. The molecule has 0 amide bonds. The van der Waals surface area contributed by atoms with Crippen LogP contribution >= 0.6 is 15.9 Å². The SMILES string of the molecule is O=S1(=O)CC(Oc2ccc(C3CCNC3)cc2Br)C1. The lowest BCUT2D eigenvalue weighted by Gasteiger charge is -2.27. The van der Waals surface area contributed by atoms with Crippen molar-refractivity contribution < 1.29 is 13.2 Å². The van der Waals surface area contributed by atoms with Crippen molar-refractivity contribution in [3.05, 3.63) is 28.2 Å². The van der Waals surface area contributed by atoms with Gasteiger partial charge in [0.05, 0.1) is 16.0 Å². The van der Waals surface area contributed by atoms with E-state index in [1.54, 1.807) is 0 Å². The fourth-order valence-corrected chi connectivity index (χ4v) is 4.23. The normalized spacial score (nSPS) is 26.1. The van der Waals surface area contributed by atoms with Gasteiger partial charge in [-0.3, -0.25) is 0 Å². The van der Waals surface area contributed by atoms with Gasteiger partial charge in [0, 0.05) is 6.54 Å². The number of hydrogen-bond donors (Lipinski definition) is 1. The average molecular weight is 346 g/mol. The minimum atomic E-state index is -2.83. The first kappa shape index (κ1) is 13.4. The zero-order valence-corrected chi connectivity index (χ0v) is 12.8. The van der Waals surface area contributed by atoms with Crippen LogP contribution in [0.2, 0.25) is 0 Å². The van der Waals surface area contributed by atoms with Gasteiger partial charge >= 0.3 is 0 Å². The van der Waals surface area contributed by atoms with E-state index in [0.29, 0.717) is 5.92 Å². The number of nitrogens with one attached hydrogen (secondary N) is 1. The van der Waals surface area contributed by atoms with Gasteiger partial charge in [-0.15, -0.1) is 0 Å². The maximum Gasteiger partial charge on any atom is 0.157 e. The molecule has 19 heavy (non-hydrogen) atoms. The van der Waals surface area contributed by atoms with E-state index in [9.17, 15) is 8.42 Å². The van der Waals surface area contributed by atoms with Gasteiger partial charge < -0.3 is 10.1 Å². The Kier molecular flexibility index (Phi) is 3.57. The molecule has 3 rings (SSSR count). The van der Waals surface area contributed by atoms with Crippen LogP contribution < -0.4 is 10.1 Å². The third kappa shape index (κ3) is 2.95. The van der Waals surface area contributed by atoms with E-state index in [0.717, 1.165) is 29.7 Å². The smallest absolute Gasteiger partial charge is 0.157 e. The van der Waals surface area contributed by atoms with E-state index >= 15 is 0 Å². The van der Waals surface area contributed by atoms with E-state index < -0.39 is 9.84 Å². The van der Waals surface area contributed by atoms with Crippen molar-refractivity contribution in [2.24, 2.45) is 0 Å². The summed E-state index contributed by atoms with van der Waals surface area (Å²) >= 11 is 3.51. The Bertz CT molecular complexity index is 570. The van der Waals surface area contributed by atoms with Gasteiger partial charge in [0.2, 0.25) is 0 Å². The quantitative estimate of drug-likeness (QED) is 0.905. The van der Waals surface area contributed by atoms with Crippen LogP contribution in [-0.2, 0) is 9.84 Å². The van der Waals surface area contributed by atoms with Crippen LogP contribution in [0, 0.1) is 0 Å². The minimum absolute atomic E-state index is 0.133. The van der Waals surface area contributed by atoms with E-state index in [1.807, 2.05) is 6.07 Å². The fraction of sp³-hybridized carbons (Fsp3) is 0.538. The Balaban J connectivity index is 1.69. The van der Waals surface area contributed by atoms with Gasteiger partial charge in [-0.1, -0.05) is 6.07 Å². The Morgan fingerprint density at radius 3 is 2.68 bits per heavy atom. The van der Waals surface area contributed by atoms with E-state index in [2.05, 4.69) is 33.4 Å². The third-order valence-corrected chi connectivity index (χ3v) is 6.04. The molecule has 0 spiro atoms. The largest absolute Gasteiger partial charge is 0.487 e. The number of benzene rings is 1. The number of hydrogen-bond acceptors (Lipinski definition) is 4. The molecular formula is C13H16BrNO3S. The number of halogens is 1. The molecule has 1 aromatic carbocycles. The molecule has 0 aromatic heterocycles. The Hall–Kier alpha value is -0.590. The maximum atomic E-state index is 11.1. The lowest BCUT2D eigenvalue weighted by molar-refractivity contribution is 0.229. The molecule has 0 bridgehead atoms. The van der Waals surface area contributed by atoms with E-state index in [4.69, 9.17) is 4.74 Å². The Morgan fingerprint density at radius 1 is 1.32 bits per heavy atom. The van der Waals surface area contributed by atoms with Crippen molar-refractivity contribution in [3.63, 3.8) is 0 Å². The molecular weight excluding hydrogens is 330 g/mol. The molecule has 1 unspecified atom stereocenters. The highest BCUT2D eigenvalue weighted by atomic mass is 79.9. The first-order chi connectivity index (χ1) is 9.03. The predicted octanol–water partition coefficient (Wildman–Crippen LogP) is 1.70. The fourth-order valence-electron chi connectivity index (χ4n) is 2.57. The zero-order chi connectivity index (χ0) is 13.5. The Labute approximate surface area is 121 Å². The summed E-state index contributed by atoms with van der Waals surface area (Å²) in [6, 6.07) is 6.09. The average Bonchev–Trinajstić information content (AvgIpc) is 2.82. The van der Waals surface area contributed by atoms with Crippen molar-refractivity contribution >= 4 is 25.8 Å². The highest BCUT2D eigenvalue weighted by Crippen LogP contribution is 2.32. The van der Waals surface area contributed by atoms with Crippen molar-refractivity contribution in [1.82, 2.24) is 5.32 Å². The van der Waals surface area contributed by atoms with Crippen LogP contribution in [0.3, 0.4) is 0 Å². The first-order valence-corrected chi connectivity index (χ1v) is 9.02. The second-order valence-corrected chi connectivity index (χ2v) is 8.20. The van der Waals surface area contributed by atoms with Crippen molar-refractivity contribution in [2.45, 2.75) is 18.4 Å². The van der Waals surface area contributed by atoms with Crippen molar-refractivity contribution in [3.8, 4) is 5.75 Å². The molecule has 6 heteroatoms. The van der Waals surface area contributed by atoms with Crippen LogP contribution in [0.1, 0.15) is 17.9 Å². The summed E-state index contributed by atoms with van der Waals surface area (Å²) in [5, 5.41) is 3.35. The van der Waals surface area contributed by atoms with E-state index in [1.165, 1.54) is 5.56 Å². The van der Waals surface area contributed by atoms with Crippen LogP contribution in [0.5, 0.6) is 5.75 Å². The van der Waals surface area contributed by atoms with Crippen LogP contribution in [0.25, 0.3) is 0 Å². The predicted molar refractivity (Wildman–Crippen MR) is 77.4 cm³/mol. The second kappa shape index (κ2) is 5.07. The molecule has 0 radical (unpaired) electrons. The lowest BCUT2D eigenvalue weighted by Crippen LogP contribution is -2.45. The first-order valence-electron chi connectivity index (χ1n) is 6.41. The van der Waals surface area contributed by atoms with Crippen molar-refractivity contribution in [2.75, 3.05) is 24.6 Å². The molecule has 4 nitrogen and oxygen atoms in total. The second-order valence-electron chi connectivity index (χ2n) is 5.20. The number of rotatable bonds is 3. The van der Waals surface area contributed by atoms with Crippen molar-refractivity contribution in [1.29, 1.82) is 0 Å². The minimum Gasteiger partial charge on any atom is -0.487 e. The molecule has 2 heterocycles. The van der Waals surface area contributed by atoms with Crippen LogP contribution in [0.4, 0.5) is 0 Å². The molecule has 2 saturated heterocycles. The monoisotopic (exact) mass is 345 g/mol. The number of ether oxygens (including phenoxy) is 1. The van der Waals surface area contributed by atoms with Gasteiger partial charge in [0.1, 0.15) is 11.9 Å². The molecule has 1 N–H and O–H groups in total. The highest BCUT2D eigenvalue weighted by Gasteiger charge is 2.35. The molecule has 2 fully saturated rings. The van der Waals surface area contributed by atoms with Gasteiger partial charge in [-0.05, 0) is 52.5 Å². The maximum absolute atomic E-state index is 11.1. The summed E-state index contributed by atoms with van der Waals surface area (Å²) in [5.74, 6) is 1.56. The molecule has 104 valence electrons. The summed E-state index contributed by atoms with van der Waals surface area (Å²) in [7, 11) is -2.83. The van der Waals surface area contributed by atoms with Gasteiger partial charge in [0.15, 0.2) is 9.84 Å². The molecule has 1 atom stereocenters. The standard InChI is InChI=1S/C13H16BrNO3S/c14-12-5-9(10-3-4-15-6-10)1-2-13(12)18-11-7-19(16,17)8-11/h1-2,5,10-11,15H,3-4,6-8H2. The van der Waals surface area contributed by atoms with Gasteiger partial charge in [-0.2, -0.15) is 0 Å². The van der Waals surface area contributed by atoms with Crippen LogP contribution in [-0.4, -0.2) is 39.1 Å². The molecule has 2 aliphatic rings. The lowest BCUT2D eigenvalue weighted by atomic mass is 9.98. The van der Waals surface area contributed by atoms with Crippen LogP contribution in [0.15, 0.2) is 22.7 Å². The topological polar surface area (TPSA) is 55.4 Å². The summed E-state index contributed by atoms with van der Waals surface area (Å²) in [6.45, 7) is 2.09. The summed E-state index contributed by atoms with van der Waals surface area (Å²) in [4.78, 5) is 0. The summed E-state index contributed by atoms with van der Waals surface area (Å²) < 4.78 is 28.8. The Morgan fingerprint density at radius 2 is 2.11 bits per heavy atom. The van der Waals surface area contributed by atoms with Gasteiger partial charge in [0.25, 0.3) is 0 Å².